The zero-order valence-corrected chi connectivity index (χ0v) is 17.9. The number of rotatable bonds is 5. The van der Waals surface area contributed by atoms with Crippen LogP contribution in [-0.4, -0.2) is 44.8 Å². The molecule has 0 aliphatic carbocycles. The van der Waals surface area contributed by atoms with Gasteiger partial charge in [-0.15, -0.1) is 0 Å². The summed E-state index contributed by atoms with van der Waals surface area (Å²) < 4.78 is 54.8. The highest BCUT2D eigenvalue weighted by molar-refractivity contribution is 7.89. The highest BCUT2D eigenvalue weighted by atomic mass is 32.2. The highest BCUT2D eigenvalue weighted by Gasteiger charge is 2.29. The van der Waals surface area contributed by atoms with Gasteiger partial charge < -0.3 is 10.2 Å². The van der Waals surface area contributed by atoms with Gasteiger partial charge in [0.15, 0.2) is 0 Å². The lowest BCUT2D eigenvalue weighted by molar-refractivity contribution is 0.102. The molecule has 9 heteroatoms. The van der Waals surface area contributed by atoms with Gasteiger partial charge in [0, 0.05) is 43.5 Å². The van der Waals surface area contributed by atoms with Crippen LogP contribution in [0.15, 0.2) is 77.7 Å². The number of para-hydroxylation sites is 1. The standard InChI is InChI=1S/C23H21F2N3O3S/c24-18-9-10-21(25)22(16-18)26-23(29)17-5-4-8-20(15-17)32(30,31)28-13-11-27(12-14-28)19-6-2-1-3-7-19/h1-10,15-16H,11-14H2,(H,26,29). The Balaban J connectivity index is 1.48. The van der Waals surface area contributed by atoms with E-state index in [1.165, 1.54) is 28.6 Å². The molecule has 1 amide bonds. The molecule has 1 aliphatic rings. The molecule has 1 fully saturated rings. The Morgan fingerprint density at radius 2 is 1.56 bits per heavy atom. The Kier molecular flexibility index (Phi) is 6.20. The number of halogens is 2. The summed E-state index contributed by atoms with van der Waals surface area (Å²) in [7, 11) is -3.82. The second-order valence-corrected chi connectivity index (χ2v) is 9.27. The van der Waals surface area contributed by atoms with Crippen LogP contribution in [0.25, 0.3) is 0 Å². The van der Waals surface area contributed by atoms with Crippen LogP contribution in [-0.2, 0) is 10.0 Å². The van der Waals surface area contributed by atoms with Crippen LogP contribution in [0, 0.1) is 11.6 Å². The van der Waals surface area contributed by atoms with Gasteiger partial charge in [-0.05, 0) is 42.5 Å². The van der Waals surface area contributed by atoms with E-state index in [9.17, 15) is 22.0 Å². The first-order valence-corrected chi connectivity index (χ1v) is 11.5. The van der Waals surface area contributed by atoms with Crippen molar-refractivity contribution in [3.63, 3.8) is 0 Å². The van der Waals surface area contributed by atoms with Crippen molar-refractivity contribution in [1.29, 1.82) is 0 Å². The number of anilines is 2. The third-order valence-corrected chi connectivity index (χ3v) is 7.17. The average Bonchev–Trinajstić information content (AvgIpc) is 2.82. The topological polar surface area (TPSA) is 69.7 Å². The summed E-state index contributed by atoms with van der Waals surface area (Å²) in [5.74, 6) is -2.23. The number of nitrogens with zero attached hydrogens (tertiary/aromatic N) is 2. The van der Waals surface area contributed by atoms with E-state index in [0.29, 0.717) is 26.2 Å². The molecule has 3 aromatic carbocycles. The summed E-state index contributed by atoms with van der Waals surface area (Å²) in [5.41, 5.74) is 0.741. The Morgan fingerprint density at radius 3 is 2.28 bits per heavy atom. The predicted octanol–water partition coefficient (Wildman–Crippen LogP) is 3.73. The first-order chi connectivity index (χ1) is 15.3. The second-order valence-electron chi connectivity index (χ2n) is 7.33. The van der Waals surface area contributed by atoms with Gasteiger partial charge in [0.25, 0.3) is 5.91 Å². The Morgan fingerprint density at radius 1 is 0.844 bits per heavy atom. The molecule has 1 saturated heterocycles. The zero-order valence-electron chi connectivity index (χ0n) is 17.0. The maximum absolute atomic E-state index is 13.8. The number of carbonyl (C=O) groups is 1. The van der Waals surface area contributed by atoms with Crippen LogP contribution in [0.4, 0.5) is 20.2 Å². The summed E-state index contributed by atoms with van der Waals surface area (Å²) in [6, 6.07) is 18.0. The van der Waals surface area contributed by atoms with E-state index in [4.69, 9.17) is 0 Å². The fourth-order valence-corrected chi connectivity index (χ4v) is 5.03. The molecule has 3 aromatic rings. The minimum atomic E-state index is -3.82. The third kappa shape index (κ3) is 4.63. The SMILES string of the molecule is O=C(Nc1cc(F)ccc1F)c1cccc(S(=O)(=O)N2CCN(c3ccccc3)CC2)c1. The van der Waals surface area contributed by atoms with E-state index in [1.54, 1.807) is 0 Å². The summed E-state index contributed by atoms with van der Waals surface area (Å²) in [4.78, 5) is 14.6. The molecule has 0 atom stereocenters. The summed E-state index contributed by atoms with van der Waals surface area (Å²) >= 11 is 0. The van der Waals surface area contributed by atoms with Crippen LogP contribution in [0.2, 0.25) is 0 Å². The maximum atomic E-state index is 13.8. The van der Waals surface area contributed by atoms with Crippen molar-refractivity contribution in [2.45, 2.75) is 4.90 Å². The molecule has 0 saturated carbocycles. The van der Waals surface area contributed by atoms with Gasteiger partial charge in [0.2, 0.25) is 10.0 Å². The molecule has 0 bridgehead atoms. The van der Waals surface area contributed by atoms with Gasteiger partial charge >= 0.3 is 0 Å². The molecular formula is C23H21F2N3O3S. The van der Waals surface area contributed by atoms with Gasteiger partial charge in [-0.3, -0.25) is 4.79 Å². The van der Waals surface area contributed by atoms with Crippen molar-refractivity contribution in [2.24, 2.45) is 0 Å². The van der Waals surface area contributed by atoms with E-state index in [-0.39, 0.29) is 16.1 Å². The van der Waals surface area contributed by atoms with Gasteiger partial charge in [0.1, 0.15) is 11.6 Å². The van der Waals surface area contributed by atoms with Crippen molar-refractivity contribution < 1.29 is 22.0 Å². The minimum absolute atomic E-state index is 0.0256. The van der Waals surface area contributed by atoms with Crippen molar-refractivity contribution >= 4 is 27.3 Å². The van der Waals surface area contributed by atoms with Crippen LogP contribution >= 0.6 is 0 Å². The number of amides is 1. The molecule has 4 rings (SSSR count). The summed E-state index contributed by atoms with van der Waals surface area (Å²) in [6.45, 7) is 1.70. The van der Waals surface area contributed by atoms with E-state index in [0.717, 1.165) is 23.9 Å². The lowest BCUT2D eigenvalue weighted by Gasteiger charge is -2.35. The number of hydrogen-bond donors (Lipinski definition) is 1. The predicted molar refractivity (Wildman–Crippen MR) is 118 cm³/mol. The largest absolute Gasteiger partial charge is 0.369 e. The molecule has 0 spiro atoms. The molecule has 6 nitrogen and oxygen atoms in total. The zero-order chi connectivity index (χ0) is 22.7. The first kappa shape index (κ1) is 21.9. The fraction of sp³-hybridized carbons (Fsp3) is 0.174. The lowest BCUT2D eigenvalue weighted by atomic mass is 10.2. The average molecular weight is 458 g/mol. The number of hydrogen-bond acceptors (Lipinski definition) is 4. The number of nitrogens with one attached hydrogen (secondary N) is 1. The molecular weight excluding hydrogens is 436 g/mol. The molecule has 1 N–H and O–H groups in total. The summed E-state index contributed by atoms with van der Waals surface area (Å²) in [5, 5.41) is 2.28. The Bertz CT molecular complexity index is 1230. The number of carbonyl (C=O) groups excluding carboxylic acids is 1. The first-order valence-electron chi connectivity index (χ1n) is 10.0. The highest BCUT2D eigenvalue weighted by Crippen LogP contribution is 2.23. The van der Waals surface area contributed by atoms with Crippen molar-refractivity contribution in [3.8, 4) is 0 Å². The Labute approximate surface area is 185 Å². The molecule has 0 radical (unpaired) electrons. The monoisotopic (exact) mass is 457 g/mol. The smallest absolute Gasteiger partial charge is 0.255 e. The maximum Gasteiger partial charge on any atom is 0.255 e. The van der Waals surface area contributed by atoms with Gasteiger partial charge in [-0.1, -0.05) is 24.3 Å². The Hall–Kier alpha value is -3.30. The van der Waals surface area contributed by atoms with Gasteiger partial charge in [0.05, 0.1) is 10.6 Å². The molecule has 0 aromatic heterocycles. The number of sulfonamides is 1. The molecule has 1 heterocycles. The molecule has 0 unspecified atom stereocenters. The van der Waals surface area contributed by atoms with Crippen LogP contribution in [0.3, 0.4) is 0 Å². The second kappa shape index (κ2) is 9.05. The van der Waals surface area contributed by atoms with Gasteiger partial charge in [-0.2, -0.15) is 4.31 Å². The van der Waals surface area contributed by atoms with Crippen molar-refractivity contribution in [1.82, 2.24) is 4.31 Å². The fourth-order valence-electron chi connectivity index (χ4n) is 3.56. The minimum Gasteiger partial charge on any atom is -0.369 e. The van der Waals surface area contributed by atoms with Crippen molar-refractivity contribution in [2.75, 3.05) is 36.4 Å². The molecule has 166 valence electrons. The van der Waals surface area contributed by atoms with E-state index in [1.807, 2.05) is 30.3 Å². The van der Waals surface area contributed by atoms with Crippen LogP contribution < -0.4 is 10.2 Å². The molecule has 32 heavy (non-hydrogen) atoms. The van der Waals surface area contributed by atoms with Crippen LogP contribution in [0.1, 0.15) is 10.4 Å². The number of benzene rings is 3. The molecule has 1 aliphatic heterocycles. The normalized spacial score (nSPS) is 14.9. The van der Waals surface area contributed by atoms with Gasteiger partial charge in [-0.25, -0.2) is 17.2 Å². The summed E-state index contributed by atoms with van der Waals surface area (Å²) in [6.07, 6.45) is 0. The van der Waals surface area contributed by atoms with E-state index >= 15 is 0 Å². The van der Waals surface area contributed by atoms with Crippen molar-refractivity contribution in [3.05, 3.63) is 90.0 Å². The quantitative estimate of drug-likeness (QED) is 0.634. The van der Waals surface area contributed by atoms with E-state index < -0.39 is 27.6 Å². The number of piperazine rings is 1. The van der Waals surface area contributed by atoms with Crippen LogP contribution in [0.5, 0.6) is 0 Å². The van der Waals surface area contributed by atoms with E-state index in [2.05, 4.69) is 10.2 Å². The third-order valence-electron chi connectivity index (χ3n) is 5.27. The lowest BCUT2D eigenvalue weighted by Crippen LogP contribution is -2.48.